The molecule has 0 radical (unpaired) electrons. The van der Waals surface area contributed by atoms with Crippen LogP contribution in [0.25, 0.3) is 0 Å². The summed E-state index contributed by atoms with van der Waals surface area (Å²) in [6, 6.07) is 0. The van der Waals surface area contributed by atoms with Crippen LogP contribution in [0.3, 0.4) is 0 Å². The van der Waals surface area contributed by atoms with Crippen molar-refractivity contribution in [3.05, 3.63) is 0 Å². The number of carbonyl (C=O) groups is 1. The topological polar surface area (TPSA) is 63.5 Å². The standard InChI is InChI=1S/C17H25N3O3/c1-2-3-5-17(18-19-17)6-4-15(21)20-9-12-23-14-16(13-20)7-10-22-11-8-16/h1H,3-14H2. The molecule has 0 bridgehead atoms. The largest absolute Gasteiger partial charge is 0.381 e. The predicted octanol–water partition coefficient (Wildman–Crippen LogP) is 2.00. The quantitative estimate of drug-likeness (QED) is 0.728. The van der Waals surface area contributed by atoms with Crippen LogP contribution in [-0.2, 0) is 14.3 Å². The Morgan fingerprint density at radius 2 is 1.96 bits per heavy atom. The second kappa shape index (κ2) is 6.98. The van der Waals surface area contributed by atoms with Gasteiger partial charge in [-0.3, -0.25) is 4.79 Å². The van der Waals surface area contributed by atoms with E-state index < -0.39 is 0 Å². The van der Waals surface area contributed by atoms with E-state index in [1.54, 1.807) is 0 Å². The minimum absolute atomic E-state index is 0.0693. The maximum Gasteiger partial charge on any atom is 0.222 e. The van der Waals surface area contributed by atoms with Crippen molar-refractivity contribution >= 4 is 5.91 Å². The number of terminal acetylenes is 1. The van der Waals surface area contributed by atoms with Crippen molar-refractivity contribution in [3.8, 4) is 12.3 Å². The molecule has 6 nitrogen and oxygen atoms in total. The van der Waals surface area contributed by atoms with E-state index in [2.05, 4.69) is 16.1 Å². The monoisotopic (exact) mass is 319 g/mol. The molecule has 3 aliphatic heterocycles. The van der Waals surface area contributed by atoms with Gasteiger partial charge in [0.15, 0.2) is 5.66 Å². The normalized spacial score (nSPS) is 24.9. The van der Waals surface area contributed by atoms with Gasteiger partial charge in [-0.15, -0.1) is 12.3 Å². The van der Waals surface area contributed by atoms with E-state index >= 15 is 0 Å². The van der Waals surface area contributed by atoms with Gasteiger partial charge >= 0.3 is 0 Å². The number of hydrogen-bond acceptors (Lipinski definition) is 5. The van der Waals surface area contributed by atoms with Crippen LogP contribution in [0, 0.1) is 17.8 Å². The summed E-state index contributed by atoms with van der Waals surface area (Å²) in [5.41, 5.74) is -0.305. The smallest absolute Gasteiger partial charge is 0.222 e. The molecule has 0 atom stereocenters. The average Bonchev–Trinajstić information content (AvgIpc) is 3.37. The molecule has 3 heterocycles. The molecule has 0 unspecified atom stereocenters. The van der Waals surface area contributed by atoms with Gasteiger partial charge in [0.05, 0.1) is 13.2 Å². The summed E-state index contributed by atoms with van der Waals surface area (Å²) in [5, 5.41) is 8.22. The first kappa shape index (κ1) is 16.4. The lowest BCUT2D eigenvalue weighted by Crippen LogP contribution is -2.44. The van der Waals surface area contributed by atoms with Crippen LogP contribution in [-0.4, -0.2) is 56.0 Å². The van der Waals surface area contributed by atoms with Crippen LogP contribution < -0.4 is 0 Å². The van der Waals surface area contributed by atoms with Crippen molar-refractivity contribution in [1.82, 2.24) is 4.90 Å². The number of rotatable bonds is 5. The Morgan fingerprint density at radius 3 is 2.65 bits per heavy atom. The SMILES string of the molecule is C#CCCC1(CCC(=O)N2CCOCC3(CCOCC3)C2)N=N1. The van der Waals surface area contributed by atoms with Crippen LogP contribution in [0.2, 0.25) is 0 Å². The summed E-state index contributed by atoms with van der Waals surface area (Å²) in [4.78, 5) is 14.6. The van der Waals surface area contributed by atoms with Gasteiger partial charge in [-0.1, -0.05) is 0 Å². The van der Waals surface area contributed by atoms with Crippen molar-refractivity contribution in [1.29, 1.82) is 0 Å². The van der Waals surface area contributed by atoms with Crippen molar-refractivity contribution in [2.75, 3.05) is 39.5 Å². The zero-order valence-electron chi connectivity index (χ0n) is 13.6. The predicted molar refractivity (Wildman–Crippen MR) is 84.8 cm³/mol. The maximum atomic E-state index is 12.6. The molecule has 0 aliphatic carbocycles. The Kier molecular flexibility index (Phi) is 4.98. The van der Waals surface area contributed by atoms with E-state index in [9.17, 15) is 4.79 Å². The second-order valence-electron chi connectivity index (χ2n) is 6.87. The van der Waals surface area contributed by atoms with Crippen LogP contribution in [0.4, 0.5) is 0 Å². The van der Waals surface area contributed by atoms with Gasteiger partial charge in [-0.25, -0.2) is 0 Å². The molecule has 3 aliphatic rings. The number of nitrogens with zero attached hydrogens (tertiary/aromatic N) is 3. The van der Waals surface area contributed by atoms with Crippen molar-refractivity contribution in [3.63, 3.8) is 0 Å². The van der Waals surface area contributed by atoms with Crippen LogP contribution in [0.5, 0.6) is 0 Å². The Labute approximate surface area is 137 Å². The minimum Gasteiger partial charge on any atom is -0.381 e. The molecule has 2 saturated heterocycles. The number of ether oxygens (including phenoxy) is 2. The summed E-state index contributed by atoms with van der Waals surface area (Å²) in [6.45, 7) is 4.33. The van der Waals surface area contributed by atoms with Gasteiger partial charge < -0.3 is 14.4 Å². The molecule has 6 heteroatoms. The molecule has 0 aromatic carbocycles. The van der Waals surface area contributed by atoms with E-state index in [0.717, 1.165) is 45.6 Å². The fourth-order valence-corrected chi connectivity index (χ4v) is 3.45. The summed E-state index contributed by atoms with van der Waals surface area (Å²) < 4.78 is 11.2. The highest BCUT2D eigenvalue weighted by Gasteiger charge is 2.41. The summed E-state index contributed by atoms with van der Waals surface area (Å²) in [6.07, 6.45) is 9.78. The van der Waals surface area contributed by atoms with Gasteiger partial charge in [0.25, 0.3) is 0 Å². The highest BCUT2D eigenvalue weighted by atomic mass is 16.5. The van der Waals surface area contributed by atoms with Crippen molar-refractivity contribution in [2.45, 2.75) is 44.2 Å². The summed E-state index contributed by atoms with van der Waals surface area (Å²) in [7, 11) is 0. The highest BCUT2D eigenvalue weighted by molar-refractivity contribution is 5.76. The number of carbonyl (C=O) groups excluding carboxylic acids is 1. The minimum atomic E-state index is -0.374. The molecule has 0 saturated carbocycles. The molecule has 3 rings (SSSR count). The van der Waals surface area contributed by atoms with E-state index in [0.29, 0.717) is 32.4 Å². The molecule has 23 heavy (non-hydrogen) atoms. The van der Waals surface area contributed by atoms with E-state index in [1.165, 1.54) is 0 Å². The van der Waals surface area contributed by atoms with Crippen molar-refractivity contribution < 1.29 is 14.3 Å². The molecule has 0 aromatic rings. The van der Waals surface area contributed by atoms with E-state index in [-0.39, 0.29) is 17.0 Å². The molecule has 0 aromatic heterocycles. The van der Waals surface area contributed by atoms with Gasteiger partial charge in [0.2, 0.25) is 5.91 Å². The van der Waals surface area contributed by atoms with Gasteiger partial charge in [0, 0.05) is 57.4 Å². The third-order valence-corrected chi connectivity index (χ3v) is 5.14. The molecule has 2 fully saturated rings. The van der Waals surface area contributed by atoms with Gasteiger partial charge in [-0.05, 0) is 12.8 Å². The van der Waals surface area contributed by atoms with Crippen LogP contribution in [0.1, 0.15) is 38.5 Å². The molecule has 1 amide bonds. The molecule has 126 valence electrons. The Balaban J connectivity index is 1.53. The van der Waals surface area contributed by atoms with E-state index in [4.69, 9.17) is 15.9 Å². The Morgan fingerprint density at radius 1 is 1.17 bits per heavy atom. The Bertz CT molecular complexity index is 500. The molecular formula is C17H25N3O3. The van der Waals surface area contributed by atoms with Crippen molar-refractivity contribution in [2.24, 2.45) is 15.6 Å². The third-order valence-electron chi connectivity index (χ3n) is 5.14. The first-order valence-electron chi connectivity index (χ1n) is 8.48. The lowest BCUT2D eigenvalue weighted by Gasteiger charge is -2.38. The average molecular weight is 319 g/mol. The van der Waals surface area contributed by atoms with E-state index in [1.807, 2.05) is 4.90 Å². The fraction of sp³-hybridized carbons (Fsp3) is 0.824. The summed E-state index contributed by atoms with van der Waals surface area (Å²) in [5.74, 6) is 2.80. The zero-order chi connectivity index (χ0) is 16.2. The first-order chi connectivity index (χ1) is 11.2. The van der Waals surface area contributed by atoms with Gasteiger partial charge in [-0.2, -0.15) is 10.2 Å². The lowest BCUT2D eigenvalue weighted by molar-refractivity contribution is -0.133. The van der Waals surface area contributed by atoms with Crippen LogP contribution >= 0.6 is 0 Å². The Hall–Kier alpha value is -1.45. The fourth-order valence-electron chi connectivity index (χ4n) is 3.45. The second-order valence-corrected chi connectivity index (χ2v) is 6.87. The first-order valence-corrected chi connectivity index (χ1v) is 8.48. The van der Waals surface area contributed by atoms with Gasteiger partial charge in [0.1, 0.15) is 0 Å². The molecular weight excluding hydrogens is 294 g/mol. The molecule has 1 spiro atoms. The number of hydrogen-bond donors (Lipinski definition) is 0. The summed E-state index contributed by atoms with van der Waals surface area (Å²) >= 11 is 0. The highest BCUT2D eigenvalue weighted by Crippen LogP contribution is 2.38. The third kappa shape index (κ3) is 4.10. The number of amides is 1. The zero-order valence-corrected chi connectivity index (χ0v) is 13.6. The maximum absolute atomic E-state index is 12.6. The van der Waals surface area contributed by atoms with Crippen LogP contribution in [0.15, 0.2) is 10.2 Å². The lowest BCUT2D eigenvalue weighted by atomic mass is 9.80. The molecule has 0 N–H and O–H groups in total.